The van der Waals surface area contributed by atoms with Crippen LogP contribution in [-0.4, -0.2) is 44.2 Å². The molecule has 5 nitrogen and oxygen atoms in total. The van der Waals surface area contributed by atoms with Crippen LogP contribution in [0.5, 0.6) is 5.75 Å². The van der Waals surface area contributed by atoms with Crippen LogP contribution in [0.15, 0.2) is 59.6 Å². The number of halogens is 1. The predicted octanol–water partition coefficient (Wildman–Crippen LogP) is 6.49. The van der Waals surface area contributed by atoms with Crippen molar-refractivity contribution in [2.75, 3.05) is 43.5 Å². The minimum Gasteiger partial charge on any atom is -0.494 e. The summed E-state index contributed by atoms with van der Waals surface area (Å²) < 4.78 is 6.98. The molecule has 0 saturated heterocycles. The number of carbonyl (C=O) groups is 1. The van der Waals surface area contributed by atoms with E-state index in [0.717, 1.165) is 67.1 Å². The number of carbonyl (C=O) groups excluding carboxylic acids is 1. The molecule has 3 rings (SSSR count). The van der Waals surface area contributed by atoms with Gasteiger partial charge in [0.1, 0.15) is 5.75 Å². The standard InChI is InChI=1S/C26H34BrN3O2/c1-3-16-29(2)17-6-4-5-7-19-32-24-14-15-25-21(20-24)9-8-18-30(25)26(31)28-23-12-10-22(27)11-13-23/h3,10-15,20H,1,4-9,16-19H2,2H3,(H,28,31). The Bertz CT molecular complexity index is 885. The van der Waals surface area contributed by atoms with Gasteiger partial charge in [-0.1, -0.05) is 34.8 Å². The Hall–Kier alpha value is -2.31. The smallest absolute Gasteiger partial charge is 0.326 e. The van der Waals surface area contributed by atoms with Crippen LogP contribution in [0, 0.1) is 0 Å². The molecular formula is C26H34BrN3O2. The van der Waals surface area contributed by atoms with Gasteiger partial charge in [0.05, 0.1) is 6.61 Å². The summed E-state index contributed by atoms with van der Waals surface area (Å²) >= 11 is 3.42. The van der Waals surface area contributed by atoms with Crippen molar-refractivity contribution in [2.45, 2.75) is 38.5 Å². The number of aryl methyl sites for hydroxylation is 1. The maximum atomic E-state index is 12.8. The first-order chi connectivity index (χ1) is 15.6. The van der Waals surface area contributed by atoms with Gasteiger partial charge in [0.15, 0.2) is 0 Å². The number of likely N-dealkylation sites (N-methyl/N-ethyl adjacent to an activating group) is 1. The van der Waals surface area contributed by atoms with Crippen molar-refractivity contribution >= 4 is 33.3 Å². The van der Waals surface area contributed by atoms with E-state index in [4.69, 9.17) is 4.74 Å². The van der Waals surface area contributed by atoms with Gasteiger partial charge in [-0.3, -0.25) is 4.90 Å². The fourth-order valence-electron chi connectivity index (χ4n) is 3.94. The van der Waals surface area contributed by atoms with E-state index in [0.29, 0.717) is 0 Å². The zero-order chi connectivity index (χ0) is 22.8. The number of hydrogen-bond donors (Lipinski definition) is 1. The highest BCUT2D eigenvalue weighted by Crippen LogP contribution is 2.31. The molecular weight excluding hydrogens is 466 g/mol. The number of urea groups is 1. The lowest BCUT2D eigenvalue weighted by molar-refractivity contribution is 0.256. The molecule has 0 aliphatic carbocycles. The molecule has 0 bridgehead atoms. The van der Waals surface area contributed by atoms with E-state index in [-0.39, 0.29) is 6.03 Å². The van der Waals surface area contributed by atoms with Gasteiger partial charge in [-0.05, 0) is 87.3 Å². The maximum absolute atomic E-state index is 12.8. The van der Waals surface area contributed by atoms with Crippen LogP contribution in [0.4, 0.5) is 16.2 Å². The number of fused-ring (bicyclic) bond motifs is 1. The lowest BCUT2D eigenvalue weighted by Gasteiger charge is -2.30. The van der Waals surface area contributed by atoms with E-state index in [1.165, 1.54) is 24.8 Å². The molecule has 1 aliphatic rings. The van der Waals surface area contributed by atoms with Crippen LogP contribution in [0.3, 0.4) is 0 Å². The van der Waals surface area contributed by atoms with Gasteiger partial charge in [-0.15, -0.1) is 6.58 Å². The summed E-state index contributed by atoms with van der Waals surface area (Å²) in [5.74, 6) is 0.893. The van der Waals surface area contributed by atoms with E-state index in [1.54, 1.807) is 0 Å². The Morgan fingerprint density at radius 2 is 1.97 bits per heavy atom. The predicted molar refractivity (Wildman–Crippen MR) is 137 cm³/mol. The third-order valence-electron chi connectivity index (χ3n) is 5.65. The van der Waals surface area contributed by atoms with Crippen molar-refractivity contribution in [1.29, 1.82) is 0 Å². The van der Waals surface area contributed by atoms with Crippen LogP contribution in [0.25, 0.3) is 0 Å². The van der Waals surface area contributed by atoms with Crippen molar-refractivity contribution < 1.29 is 9.53 Å². The summed E-state index contributed by atoms with van der Waals surface area (Å²) in [6.07, 6.45) is 8.53. The van der Waals surface area contributed by atoms with Crippen LogP contribution in [0.2, 0.25) is 0 Å². The fraction of sp³-hybridized carbons (Fsp3) is 0.423. The average molecular weight is 500 g/mol. The van der Waals surface area contributed by atoms with Gasteiger partial charge >= 0.3 is 6.03 Å². The average Bonchev–Trinajstić information content (AvgIpc) is 2.79. The number of ether oxygens (including phenoxy) is 1. The molecule has 2 aromatic carbocycles. The SMILES string of the molecule is C=CCN(C)CCCCCCOc1ccc2c(c1)CCCN2C(=O)Nc1ccc(Br)cc1. The number of nitrogens with one attached hydrogen (secondary N) is 1. The van der Waals surface area contributed by atoms with Crippen molar-refractivity contribution in [2.24, 2.45) is 0 Å². The second-order valence-corrected chi connectivity index (χ2v) is 9.21. The molecule has 2 aromatic rings. The second-order valence-electron chi connectivity index (χ2n) is 8.30. The molecule has 1 heterocycles. The number of hydrogen-bond acceptors (Lipinski definition) is 3. The normalized spacial score (nSPS) is 13.0. The molecule has 0 atom stereocenters. The van der Waals surface area contributed by atoms with Crippen molar-refractivity contribution in [1.82, 2.24) is 4.90 Å². The van der Waals surface area contributed by atoms with Crippen molar-refractivity contribution in [3.05, 3.63) is 65.2 Å². The molecule has 0 aromatic heterocycles. The van der Waals surface area contributed by atoms with Gasteiger partial charge in [-0.2, -0.15) is 0 Å². The zero-order valence-corrected chi connectivity index (χ0v) is 20.6. The van der Waals surface area contributed by atoms with E-state index >= 15 is 0 Å². The summed E-state index contributed by atoms with van der Waals surface area (Å²) in [5, 5.41) is 2.99. The van der Waals surface area contributed by atoms with Crippen molar-refractivity contribution in [3.63, 3.8) is 0 Å². The third kappa shape index (κ3) is 7.38. The summed E-state index contributed by atoms with van der Waals surface area (Å²) in [4.78, 5) is 17.0. The van der Waals surface area contributed by atoms with Crippen molar-refractivity contribution in [3.8, 4) is 5.75 Å². The maximum Gasteiger partial charge on any atom is 0.326 e. The van der Waals surface area contributed by atoms with E-state index in [9.17, 15) is 4.79 Å². The zero-order valence-electron chi connectivity index (χ0n) is 19.0. The summed E-state index contributed by atoms with van der Waals surface area (Å²) in [7, 11) is 2.13. The summed E-state index contributed by atoms with van der Waals surface area (Å²) in [6.45, 7) is 7.29. The lowest BCUT2D eigenvalue weighted by Crippen LogP contribution is -2.38. The lowest BCUT2D eigenvalue weighted by atomic mass is 10.0. The minimum atomic E-state index is -0.0966. The number of rotatable bonds is 11. The monoisotopic (exact) mass is 499 g/mol. The first kappa shape index (κ1) is 24.3. The number of unbranched alkanes of at least 4 members (excludes halogenated alkanes) is 3. The second kappa shape index (κ2) is 12.7. The molecule has 6 heteroatoms. The Labute approximate surface area is 200 Å². The topological polar surface area (TPSA) is 44.8 Å². The van der Waals surface area contributed by atoms with E-state index in [2.05, 4.69) is 45.8 Å². The summed E-state index contributed by atoms with van der Waals surface area (Å²) in [6, 6.07) is 13.6. The van der Waals surface area contributed by atoms with Crippen LogP contribution in [-0.2, 0) is 6.42 Å². The molecule has 0 radical (unpaired) electrons. The molecule has 1 aliphatic heterocycles. The Balaban J connectivity index is 1.45. The number of nitrogens with zero attached hydrogens (tertiary/aromatic N) is 2. The Morgan fingerprint density at radius 3 is 2.75 bits per heavy atom. The molecule has 2 amide bonds. The molecule has 172 valence electrons. The minimum absolute atomic E-state index is 0.0966. The molecule has 0 unspecified atom stereocenters. The quantitative estimate of drug-likeness (QED) is 0.283. The van der Waals surface area contributed by atoms with Gasteiger partial charge in [0, 0.05) is 28.9 Å². The third-order valence-corrected chi connectivity index (χ3v) is 6.18. The van der Waals surface area contributed by atoms with Crippen LogP contribution in [0.1, 0.15) is 37.7 Å². The van der Waals surface area contributed by atoms with E-state index in [1.807, 2.05) is 47.4 Å². The molecule has 32 heavy (non-hydrogen) atoms. The highest BCUT2D eigenvalue weighted by Gasteiger charge is 2.23. The molecule has 0 saturated carbocycles. The largest absolute Gasteiger partial charge is 0.494 e. The first-order valence-electron chi connectivity index (χ1n) is 11.5. The van der Waals surface area contributed by atoms with Crippen LogP contribution >= 0.6 is 15.9 Å². The number of amides is 2. The number of benzene rings is 2. The van der Waals surface area contributed by atoms with Gasteiger partial charge in [0.25, 0.3) is 0 Å². The molecule has 0 fully saturated rings. The van der Waals surface area contributed by atoms with Crippen LogP contribution < -0.4 is 15.0 Å². The first-order valence-corrected chi connectivity index (χ1v) is 12.3. The highest BCUT2D eigenvalue weighted by atomic mass is 79.9. The fourth-order valence-corrected chi connectivity index (χ4v) is 4.20. The highest BCUT2D eigenvalue weighted by molar-refractivity contribution is 9.10. The number of anilines is 2. The molecule has 0 spiro atoms. The Kier molecular flexibility index (Phi) is 9.62. The molecule has 1 N–H and O–H groups in total. The van der Waals surface area contributed by atoms with Gasteiger partial charge in [0.2, 0.25) is 0 Å². The van der Waals surface area contributed by atoms with E-state index < -0.39 is 0 Å². The Morgan fingerprint density at radius 1 is 1.19 bits per heavy atom. The van der Waals surface area contributed by atoms with Gasteiger partial charge in [-0.25, -0.2) is 4.79 Å². The van der Waals surface area contributed by atoms with Gasteiger partial charge < -0.3 is 15.0 Å². The summed E-state index contributed by atoms with van der Waals surface area (Å²) in [5.41, 5.74) is 2.93.